The molecule has 0 aliphatic carbocycles. The fourth-order valence-electron chi connectivity index (χ4n) is 2.69. The van der Waals surface area contributed by atoms with Gasteiger partial charge in [-0.1, -0.05) is 0 Å². The molecule has 0 spiro atoms. The third kappa shape index (κ3) is 1.59. The Morgan fingerprint density at radius 3 is 2.94 bits per heavy atom. The van der Waals surface area contributed by atoms with Crippen molar-refractivity contribution in [3.63, 3.8) is 0 Å². The zero-order valence-electron chi connectivity index (χ0n) is 9.10. The number of nitrogens with one attached hydrogen (secondary N) is 1. The maximum absolute atomic E-state index is 12.1. The number of rotatable bonds is 1. The molecule has 1 aromatic heterocycles. The van der Waals surface area contributed by atoms with Crippen LogP contribution in [0, 0.1) is 5.92 Å². The first kappa shape index (κ1) is 9.78. The first-order valence-electron chi connectivity index (χ1n) is 5.77. The Balaban J connectivity index is 1.73. The van der Waals surface area contributed by atoms with Gasteiger partial charge in [0, 0.05) is 37.1 Å². The first-order chi connectivity index (χ1) is 7.84. The normalized spacial score (nSPS) is 28.1. The summed E-state index contributed by atoms with van der Waals surface area (Å²) in [5, 5.41) is 3.45. The lowest BCUT2D eigenvalue weighted by Gasteiger charge is -2.17. The number of pyridine rings is 1. The Bertz CT molecular complexity index is 381. The highest BCUT2D eigenvalue weighted by molar-refractivity contribution is 5.94. The highest BCUT2D eigenvalue weighted by Crippen LogP contribution is 2.25. The Hall–Kier alpha value is -1.42. The molecule has 0 radical (unpaired) electrons. The van der Waals surface area contributed by atoms with Crippen molar-refractivity contribution in [2.75, 3.05) is 19.6 Å². The molecule has 0 bridgehead atoms. The van der Waals surface area contributed by atoms with Crippen molar-refractivity contribution in [2.24, 2.45) is 5.92 Å². The number of nitrogens with zero attached hydrogens (tertiary/aromatic N) is 2. The highest BCUT2D eigenvalue weighted by atomic mass is 16.2. The van der Waals surface area contributed by atoms with Crippen LogP contribution in [-0.2, 0) is 0 Å². The second-order valence-corrected chi connectivity index (χ2v) is 4.56. The zero-order chi connectivity index (χ0) is 11.0. The standard InChI is InChI=1S/C12H15N3O/c16-12(9-1-4-13-5-2-9)15-7-10-3-6-14-11(10)8-15/h1-2,4-5,10-11,14H,3,6-8H2/t10-,11+/m0/s1. The molecule has 2 aliphatic heterocycles. The van der Waals surface area contributed by atoms with E-state index in [1.807, 2.05) is 4.90 Å². The minimum absolute atomic E-state index is 0.138. The quantitative estimate of drug-likeness (QED) is 0.745. The maximum Gasteiger partial charge on any atom is 0.254 e. The number of amides is 1. The van der Waals surface area contributed by atoms with Gasteiger partial charge in [-0.3, -0.25) is 9.78 Å². The number of hydrogen-bond acceptors (Lipinski definition) is 3. The second-order valence-electron chi connectivity index (χ2n) is 4.56. The van der Waals surface area contributed by atoms with Crippen LogP contribution in [0.2, 0.25) is 0 Å². The van der Waals surface area contributed by atoms with Crippen LogP contribution in [0.15, 0.2) is 24.5 Å². The van der Waals surface area contributed by atoms with E-state index < -0.39 is 0 Å². The molecule has 2 saturated heterocycles. The summed E-state index contributed by atoms with van der Waals surface area (Å²) in [4.78, 5) is 18.0. The maximum atomic E-state index is 12.1. The summed E-state index contributed by atoms with van der Waals surface area (Å²) in [6, 6.07) is 4.08. The number of hydrogen-bond donors (Lipinski definition) is 1. The molecule has 4 nitrogen and oxygen atoms in total. The van der Waals surface area contributed by atoms with E-state index in [-0.39, 0.29) is 5.91 Å². The minimum atomic E-state index is 0.138. The van der Waals surface area contributed by atoms with Crippen LogP contribution in [-0.4, -0.2) is 41.5 Å². The second kappa shape index (κ2) is 3.87. The molecule has 1 amide bonds. The largest absolute Gasteiger partial charge is 0.337 e. The lowest BCUT2D eigenvalue weighted by molar-refractivity contribution is 0.0782. The van der Waals surface area contributed by atoms with Crippen molar-refractivity contribution < 1.29 is 4.79 Å². The SMILES string of the molecule is O=C(c1ccncc1)N1C[C@@H]2CCN[C@@H]2C1. The number of carbonyl (C=O) groups is 1. The lowest BCUT2D eigenvalue weighted by Crippen LogP contribution is -2.33. The topological polar surface area (TPSA) is 45.2 Å². The lowest BCUT2D eigenvalue weighted by atomic mass is 10.1. The molecule has 3 heterocycles. The van der Waals surface area contributed by atoms with Crippen LogP contribution in [0.1, 0.15) is 16.8 Å². The summed E-state index contributed by atoms with van der Waals surface area (Å²) >= 11 is 0. The fraction of sp³-hybridized carbons (Fsp3) is 0.500. The van der Waals surface area contributed by atoms with Crippen molar-refractivity contribution in [3.8, 4) is 0 Å². The van der Waals surface area contributed by atoms with Crippen molar-refractivity contribution in [1.29, 1.82) is 0 Å². The highest BCUT2D eigenvalue weighted by Gasteiger charge is 2.37. The molecule has 1 N–H and O–H groups in total. The monoisotopic (exact) mass is 217 g/mol. The number of likely N-dealkylation sites (tertiary alicyclic amines) is 1. The van der Waals surface area contributed by atoms with E-state index in [0.717, 1.165) is 25.2 Å². The van der Waals surface area contributed by atoms with E-state index in [0.29, 0.717) is 12.0 Å². The molecule has 2 atom stereocenters. The van der Waals surface area contributed by atoms with Crippen molar-refractivity contribution in [3.05, 3.63) is 30.1 Å². The van der Waals surface area contributed by atoms with Gasteiger partial charge >= 0.3 is 0 Å². The number of carbonyl (C=O) groups excluding carboxylic acids is 1. The molecule has 0 aromatic carbocycles. The molecule has 84 valence electrons. The van der Waals surface area contributed by atoms with Crippen molar-refractivity contribution in [1.82, 2.24) is 15.2 Å². The van der Waals surface area contributed by atoms with Gasteiger partial charge in [0.1, 0.15) is 0 Å². The Morgan fingerprint density at radius 2 is 2.19 bits per heavy atom. The van der Waals surface area contributed by atoms with Gasteiger partial charge < -0.3 is 10.2 Å². The molecule has 0 unspecified atom stereocenters. The zero-order valence-corrected chi connectivity index (χ0v) is 9.10. The van der Waals surface area contributed by atoms with Crippen molar-refractivity contribution >= 4 is 5.91 Å². The van der Waals surface area contributed by atoms with Crippen LogP contribution < -0.4 is 5.32 Å². The number of fused-ring (bicyclic) bond motifs is 1. The summed E-state index contributed by atoms with van der Waals surface area (Å²) in [6.45, 7) is 2.86. The third-order valence-corrected chi connectivity index (χ3v) is 3.58. The smallest absolute Gasteiger partial charge is 0.254 e. The number of aromatic nitrogens is 1. The van der Waals surface area contributed by atoms with E-state index in [1.165, 1.54) is 6.42 Å². The van der Waals surface area contributed by atoms with Gasteiger partial charge in [0.2, 0.25) is 0 Å². The Morgan fingerprint density at radius 1 is 1.38 bits per heavy atom. The molecule has 3 rings (SSSR count). The van der Waals surface area contributed by atoms with E-state index >= 15 is 0 Å². The average molecular weight is 217 g/mol. The first-order valence-corrected chi connectivity index (χ1v) is 5.77. The summed E-state index contributed by atoms with van der Waals surface area (Å²) in [6.07, 6.45) is 4.54. The molecule has 2 fully saturated rings. The van der Waals surface area contributed by atoms with Gasteiger partial charge in [-0.15, -0.1) is 0 Å². The minimum Gasteiger partial charge on any atom is -0.337 e. The molecule has 0 saturated carbocycles. The van der Waals surface area contributed by atoms with E-state index in [2.05, 4.69) is 10.3 Å². The van der Waals surface area contributed by atoms with Crippen LogP contribution in [0.4, 0.5) is 0 Å². The van der Waals surface area contributed by atoms with Gasteiger partial charge in [0.05, 0.1) is 0 Å². The van der Waals surface area contributed by atoms with Crippen LogP contribution in [0.25, 0.3) is 0 Å². The fourth-order valence-corrected chi connectivity index (χ4v) is 2.69. The summed E-state index contributed by atoms with van der Waals surface area (Å²) < 4.78 is 0. The van der Waals surface area contributed by atoms with Crippen molar-refractivity contribution in [2.45, 2.75) is 12.5 Å². The van der Waals surface area contributed by atoms with Gasteiger partial charge in [-0.2, -0.15) is 0 Å². The van der Waals surface area contributed by atoms with Crippen LogP contribution >= 0.6 is 0 Å². The molecule has 16 heavy (non-hydrogen) atoms. The molecular formula is C12H15N3O. The molecular weight excluding hydrogens is 202 g/mol. The molecule has 2 aliphatic rings. The molecule has 1 aromatic rings. The predicted octanol–water partition coefficient (Wildman–Crippen LogP) is 0.515. The Labute approximate surface area is 94.7 Å². The third-order valence-electron chi connectivity index (χ3n) is 3.58. The summed E-state index contributed by atoms with van der Waals surface area (Å²) in [5.74, 6) is 0.796. The van der Waals surface area contributed by atoms with Gasteiger partial charge in [-0.25, -0.2) is 0 Å². The Kier molecular flexibility index (Phi) is 2.36. The van der Waals surface area contributed by atoms with E-state index in [4.69, 9.17) is 0 Å². The van der Waals surface area contributed by atoms with Gasteiger partial charge in [-0.05, 0) is 31.0 Å². The van der Waals surface area contributed by atoms with Gasteiger partial charge in [0.25, 0.3) is 5.91 Å². The summed E-state index contributed by atoms with van der Waals surface area (Å²) in [7, 11) is 0. The predicted molar refractivity (Wildman–Crippen MR) is 60.0 cm³/mol. The van der Waals surface area contributed by atoms with Crippen LogP contribution in [0.5, 0.6) is 0 Å². The van der Waals surface area contributed by atoms with E-state index in [9.17, 15) is 4.79 Å². The van der Waals surface area contributed by atoms with Crippen LogP contribution in [0.3, 0.4) is 0 Å². The van der Waals surface area contributed by atoms with Gasteiger partial charge in [0.15, 0.2) is 0 Å². The van der Waals surface area contributed by atoms with E-state index in [1.54, 1.807) is 24.5 Å². The summed E-state index contributed by atoms with van der Waals surface area (Å²) in [5.41, 5.74) is 0.745. The molecule has 4 heteroatoms. The average Bonchev–Trinajstić information content (AvgIpc) is 2.89.